The van der Waals surface area contributed by atoms with Gasteiger partial charge >= 0.3 is 5.97 Å². The molecule has 1 aliphatic carbocycles. The van der Waals surface area contributed by atoms with Crippen molar-refractivity contribution < 1.29 is 14.3 Å². The van der Waals surface area contributed by atoms with Crippen molar-refractivity contribution in [1.82, 2.24) is 4.68 Å². The van der Waals surface area contributed by atoms with Crippen LogP contribution in [-0.4, -0.2) is 24.9 Å². The molecule has 0 bridgehead atoms. The maximum absolute atomic E-state index is 11.6. The molecule has 1 aromatic heterocycles. The number of aryl methyl sites for hydroxylation is 2. The zero-order chi connectivity index (χ0) is 15.0. The lowest BCUT2D eigenvalue weighted by Crippen LogP contribution is -2.16. The third kappa shape index (κ3) is 2.24. The Hall–Kier alpha value is -2.43. The van der Waals surface area contributed by atoms with Gasteiger partial charge in [-0.15, -0.1) is 0 Å². The molecule has 0 unspecified atom stereocenters. The second-order valence-electron chi connectivity index (χ2n) is 5.16. The summed E-state index contributed by atoms with van der Waals surface area (Å²) in [5, 5.41) is 0. The van der Waals surface area contributed by atoms with Gasteiger partial charge in [-0.25, -0.2) is 0 Å². The predicted molar refractivity (Wildman–Crippen MR) is 79.7 cm³/mol. The van der Waals surface area contributed by atoms with Crippen LogP contribution in [0.5, 0.6) is 5.75 Å². The fourth-order valence-corrected chi connectivity index (χ4v) is 2.95. The average molecular weight is 286 g/mol. The Bertz CT molecular complexity index is 704. The van der Waals surface area contributed by atoms with E-state index in [0.29, 0.717) is 0 Å². The van der Waals surface area contributed by atoms with E-state index in [1.54, 1.807) is 11.8 Å². The number of methoxy groups -OCH3 is 2. The van der Waals surface area contributed by atoms with Crippen molar-refractivity contribution in [3.8, 4) is 16.9 Å². The Morgan fingerprint density at radius 2 is 2.05 bits per heavy atom. The first-order chi connectivity index (χ1) is 10.1. The number of rotatable bonds is 3. The van der Waals surface area contributed by atoms with Crippen LogP contribution >= 0.6 is 0 Å². The van der Waals surface area contributed by atoms with Gasteiger partial charge in [0.1, 0.15) is 5.75 Å². The molecule has 3 rings (SSSR count). The molecule has 0 aliphatic heterocycles. The molecule has 5 heteroatoms. The van der Waals surface area contributed by atoms with Gasteiger partial charge in [-0.3, -0.25) is 9.47 Å². The van der Waals surface area contributed by atoms with Gasteiger partial charge in [0, 0.05) is 11.8 Å². The normalized spacial score (nSPS) is 12.5. The number of esters is 1. The summed E-state index contributed by atoms with van der Waals surface area (Å²) in [5.41, 5.74) is 5.38. The van der Waals surface area contributed by atoms with Crippen LogP contribution < -0.4 is 10.6 Å². The highest BCUT2D eigenvalue weighted by atomic mass is 16.5. The summed E-state index contributed by atoms with van der Waals surface area (Å²) in [6.07, 6.45) is 3.93. The molecule has 1 aromatic carbocycles. The van der Waals surface area contributed by atoms with Crippen LogP contribution in [0.4, 0.5) is 0 Å². The minimum atomic E-state index is -0.289. The Labute approximate surface area is 123 Å². The van der Waals surface area contributed by atoms with E-state index in [0.717, 1.165) is 35.4 Å². The Kier molecular flexibility index (Phi) is 3.33. The molecule has 0 saturated carbocycles. The largest absolute Gasteiger partial charge is 0.497 e. The molecule has 1 heterocycles. The quantitative estimate of drug-likeness (QED) is 0.689. The van der Waals surface area contributed by atoms with E-state index in [4.69, 9.17) is 15.3 Å². The Balaban J connectivity index is 2.12. The van der Waals surface area contributed by atoms with Gasteiger partial charge in [0.25, 0.3) is 0 Å². The number of ether oxygens (including phenoxy) is 2. The van der Waals surface area contributed by atoms with E-state index >= 15 is 0 Å². The number of nitrogens with zero attached hydrogens (tertiary/aromatic N) is 1. The van der Waals surface area contributed by atoms with Crippen molar-refractivity contribution in [3.63, 3.8) is 0 Å². The van der Waals surface area contributed by atoms with E-state index in [2.05, 4.69) is 0 Å². The number of nitrogen functional groups attached to an aromatic ring is 1. The average Bonchev–Trinajstić information content (AvgIpc) is 2.82. The predicted octanol–water partition coefficient (Wildman–Crippen LogP) is 1.69. The minimum Gasteiger partial charge on any atom is -0.497 e. The molecule has 0 spiro atoms. The molecular weight excluding hydrogens is 268 g/mol. The molecule has 0 radical (unpaired) electrons. The number of benzene rings is 1. The van der Waals surface area contributed by atoms with Gasteiger partial charge in [0.15, 0.2) is 0 Å². The van der Waals surface area contributed by atoms with Crippen molar-refractivity contribution in [2.45, 2.75) is 19.3 Å². The van der Waals surface area contributed by atoms with Crippen molar-refractivity contribution in [2.24, 2.45) is 0 Å². The monoisotopic (exact) mass is 286 g/mol. The molecule has 110 valence electrons. The van der Waals surface area contributed by atoms with Crippen LogP contribution in [0, 0.1) is 0 Å². The van der Waals surface area contributed by atoms with E-state index in [-0.39, 0.29) is 12.4 Å². The van der Waals surface area contributed by atoms with Crippen molar-refractivity contribution in [2.75, 3.05) is 20.1 Å². The molecule has 0 saturated heterocycles. The summed E-state index contributed by atoms with van der Waals surface area (Å²) >= 11 is 0. The van der Waals surface area contributed by atoms with E-state index in [1.807, 2.05) is 24.4 Å². The van der Waals surface area contributed by atoms with Crippen LogP contribution in [-0.2, 0) is 28.8 Å². The number of fused-ring (bicyclic) bond motifs is 3. The highest BCUT2D eigenvalue weighted by molar-refractivity contribution is 5.81. The zero-order valence-corrected chi connectivity index (χ0v) is 12.2. The number of nitrogens with two attached hydrogens (primary N) is 1. The third-order valence-corrected chi connectivity index (χ3v) is 4.00. The summed E-state index contributed by atoms with van der Waals surface area (Å²) < 4.78 is 11.6. The molecule has 21 heavy (non-hydrogen) atoms. The first-order valence-electron chi connectivity index (χ1n) is 6.86. The third-order valence-electron chi connectivity index (χ3n) is 4.00. The number of hydrogen-bond acceptors (Lipinski definition) is 4. The molecule has 5 nitrogen and oxygen atoms in total. The molecule has 0 amide bonds. The lowest BCUT2D eigenvalue weighted by atomic mass is 9.86. The zero-order valence-electron chi connectivity index (χ0n) is 12.2. The fourth-order valence-electron chi connectivity index (χ4n) is 2.95. The topological polar surface area (TPSA) is 66.5 Å². The standard InChI is InChI=1S/C16H18N2O3/c1-20-12-5-6-13-10(7-12)3-4-11-9-18(17)14(16(11)13)8-15(19)21-2/h5-7,9H,3-4,8,17H2,1-2H3. The highest BCUT2D eigenvalue weighted by Gasteiger charge is 2.24. The van der Waals surface area contributed by atoms with E-state index in [9.17, 15) is 4.79 Å². The number of aromatic nitrogens is 1. The summed E-state index contributed by atoms with van der Waals surface area (Å²) in [4.78, 5) is 11.6. The first-order valence-corrected chi connectivity index (χ1v) is 6.86. The van der Waals surface area contributed by atoms with Crippen molar-refractivity contribution >= 4 is 5.97 Å². The maximum Gasteiger partial charge on any atom is 0.311 e. The van der Waals surface area contributed by atoms with E-state index in [1.165, 1.54) is 18.2 Å². The molecule has 0 atom stereocenters. The second-order valence-corrected chi connectivity index (χ2v) is 5.16. The summed E-state index contributed by atoms with van der Waals surface area (Å²) in [5.74, 6) is 6.58. The summed E-state index contributed by atoms with van der Waals surface area (Å²) in [6.45, 7) is 0. The molecule has 0 fully saturated rings. The van der Waals surface area contributed by atoms with Crippen LogP contribution in [0.1, 0.15) is 16.8 Å². The second kappa shape index (κ2) is 5.16. The summed E-state index contributed by atoms with van der Waals surface area (Å²) in [7, 11) is 3.05. The molecule has 1 aliphatic rings. The van der Waals surface area contributed by atoms with Gasteiger partial charge in [0.2, 0.25) is 0 Å². The first kappa shape index (κ1) is 13.5. The smallest absolute Gasteiger partial charge is 0.311 e. The minimum absolute atomic E-state index is 0.174. The maximum atomic E-state index is 11.6. The van der Waals surface area contributed by atoms with Crippen LogP contribution in [0.25, 0.3) is 11.1 Å². The number of carbonyl (C=O) groups is 1. The van der Waals surface area contributed by atoms with Gasteiger partial charge < -0.3 is 15.3 Å². The van der Waals surface area contributed by atoms with Crippen molar-refractivity contribution in [3.05, 3.63) is 41.2 Å². The fraction of sp³-hybridized carbons (Fsp3) is 0.312. The molecule has 2 aromatic rings. The number of carbonyl (C=O) groups excluding carboxylic acids is 1. The molecular formula is C16H18N2O3. The van der Waals surface area contributed by atoms with Crippen LogP contribution in [0.15, 0.2) is 24.4 Å². The SMILES string of the molecule is COC(=O)Cc1c2c(cn1N)CCc1cc(OC)ccc1-2. The highest BCUT2D eigenvalue weighted by Crippen LogP contribution is 2.38. The van der Waals surface area contributed by atoms with Gasteiger partial charge in [-0.2, -0.15) is 0 Å². The van der Waals surface area contributed by atoms with Crippen LogP contribution in [0.2, 0.25) is 0 Å². The number of hydrogen-bond donors (Lipinski definition) is 1. The van der Waals surface area contributed by atoms with Crippen molar-refractivity contribution in [1.29, 1.82) is 0 Å². The lowest BCUT2D eigenvalue weighted by molar-refractivity contribution is -0.139. The summed E-state index contributed by atoms with van der Waals surface area (Å²) in [6, 6.07) is 6.02. The van der Waals surface area contributed by atoms with Gasteiger partial charge in [-0.05, 0) is 41.7 Å². The lowest BCUT2D eigenvalue weighted by Gasteiger charge is -2.18. The van der Waals surface area contributed by atoms with Crippen LogP contribution in [0.3, 0.4) is 0 Å². The van der Waals surface area contributed by atoms with Gasteiger partial charge in [-0.1, -0.05) is 6.07 Å². The Morgan fingerprint density at radius 1 is 1.29 bits per heavy atom. The van der Waals surface area contributed by atoms with Gasteiger partial charge in [0.05, 0.1) is 26.3 Å². The van der Waals surface area contributed by atoms with E-state index < -0.39 is 0 Å². The Morgan fingerprint density at radius 3 is 2.76 bits per heavy atom. The molecule has 2 N–H and O–H groups in total.